The topological polar surface area (TPSA) is 15.6 Å². The van der Waals surface area contributed by atoms with Crippen molar-refractivity contribution in [1.82, 2.24) is 0 Å². The van der Waals surface area contributed by atoms with E-state index < -0.39 is 0 Å². The number of hydrogen-bond acceptors (Lipinski definition) is 2. The minimum atomic E-state index is -0.163. The first-order chi connectivity index (χ1) is 10.2. The summed E-state index contributed by atoms with van der Waals surface area (Å²) in [6.07, 6.45) is 4.01. The Bertz CT molecular complexity index is 664. The van der Waals surface area contributed by atoms with Gasteiger partial charge in [0.25, 0.3) is 0 Å². The third kappa shape index (κ3) is 3.43. The Kier molecular flexibility index (Phi) is 4.53. The SMILES string of the molecule is Fc1cc(C=Nc2ccccc2I)ccc1N1CCCC1. The molecule has 108 valence electrons. The van der Waals surface area contributed by atoms with Crippen molar-refractivity contribution >= 4 is 40.2 Å². The van der Waals surface area contributed by atoms with Crippen molar-refractivity contribution in [2.75, 3.05) is 18.0 Å². The molecule has 0 N–H and O–H groups in total. The zero-order valence-corrected chi connectivity index (χ0v) is 13.8. The average Bonchev–Trinajstić information content (AvgIpc) is 3.00. The molecule has 1 aliphatic heterocycles. The Labute approximate surface area is 137 Å². The normalized spacial score (nSPS) is 15.0. The van der Waals surface area contributed by atoms with E-state index in [0.29, 0.717) is 5.69 Å². The van der Waals surface area contributed by atoms with Gasteiger partial charge in [-0.15, -0.1) is 0 Å². The van der Waals surface area contributed by atoms with Gasteiger partial charge in [-0.25, -0.2) is 4.39 Å². The Hall–Kier alpha value is -1.43. The van der Waals surface area contributed by atoms with Crippen molar-refractivity contribution < 1.29 is 4.39 Å². The fourth-order valence-electron chi connectivity index (χ4n) is 2.52. The molecule has 0 atom stereocenters. The Balaban J connectivity index is 1.80. The molecule has 0 aliphatic carbocycles. The number of hydrogen-bond donors (Lipinski definition) is 0. The number of halogens is 2. The predicted octanol–water partition coefficient (Wildman–Crippen LogP) is 4.78. The quantitative estimate of drug-likeness (QED) is 0.541. The Morgan fingerprint density at radius 1 is 1.10 bits per heavy atom. The first-order valence-electron chi connectivity index (χ1n) is 7.07. The minimum Gasteiger partial charge on any atom is -0.369 e. The van der Waals surface area contributed by atoms with Gasteiger partial charge in [-0.05, 0) is 65.3 Å². The maximum atomic E-state index is 14.2. The van der Waals surface area contributed by atoms with Crippen LogP contribution in [0, 0.1) is 9.39 Å². The van der Waals surface area contributed by atoms with Crippen molar-refractivity contribution in [2.45, 2.75) is 12.8 Å². The van der Waals surface area contributed by atoms with Gasteiger partial charge < -0.3 is 4.90 Å². The second-order valence-electron chi connectivity index (χ2n) is 5.11. The predicted molar refractivity (Wildman–Crippen MR) is 94.3 cm³/mol. The smallest absolute Gasteiger partial charge is 0.147 e. The van der Waals surface area contributed by atoms with E-state index in [0.717, 1.165) is 40.8 Å². The van der Waals surface area contributed by atoms with Gasteiger partial charge in [-0.1, -0.05) is 18.2 Å². The van der Waals surface area contributed by atoms with Gasteiger partial charge >= 0.3 is 0 Å². The van der Waals surface area contributed by atoms with Gasteiger partial charge in [0.2, 0.25) is 0 Å². The maximum absolute atomic E-state index is 14.2. The molecule has 1 saturated heterocycles. The molecule has 0 amide bonds. The average molecular weight is 394 g/mol. The van der Waals surface area contributed by atoms with Crippen LogP contribution in [-0.2, 0) is 0 Å². The molecular weight excluding hydrogens is 378 g/mol. The number of anilines is 1. The van der Waals surface area contributed by atoms with Gasteiger partial charge in [-0.2, -0.15) is 0 Å². The number of aliphatic imine (C=N–C) groups is 1. The van der Waals surface area contributed by atoms with Crippen LogP contribution in [0.5, 0.6) is 0 Å². The lowest BCUT2D eigenvalue weighted by atomic mass is 10.2. The zero-order chi connectivity index (χ0) is 14.7. The third-order valence-corrected chi connectivity index (χ3v) is 4.54. The third-order valence-electron chi connectivity index (χ3n) is 3.62. The molecule has 4 heteroatoms. The number of benzene rings is 2. The van der Waals surface area contributed by atoms with Crippen LogP contribution in [-0.4, -0.2) is 19.3 Å². The first kappa shape index (κ1) is 14.5. The molecule has 0 spiro atoms. The molecule has 2 aromatic rings. The van der Waals surface area contributed by atoms with Crippen LogP contribution in [0.2, 0.25) is 0 Å². The van der Waals surface area contributed by atoms with Crippen LogP contribution < -0.4 is 4.90 Å². The summed E-state index contributed by atoms with van der Waals surface area (Å²) in [7, 11) is 0. The van der Waals surface area contributed by atoms with Crippen LogP contribution in [0.1, 0.15) is 18.4 Å². The highest BCUT2D eigenvalue weighted by Gasteiger charge is 2.15. The van der Waals surface area contributed by atoms with E-state index in [4.69, 9.17) is 0 Å². The molecule has 0 radical (unpaired) electrons. The standard InChI is InChI=1S/C17H16FIN2/c18-14-11-13(7-8-17(14)21-9-3-4-10-21)12-20-16-6-2-1-5-15(16)19/h1-2,5-8,11-12H,3-4,9-10H2. The second-order valence-corrected chi connectivity index (χ2v) is 6.28. The fraction of sp³-hybridized carbons (Fsp3) is 0.235. The molecule has 2 aromatic carbocycles. The Morgan fingerprint density at radius 3 is 2.57 bits per heavy atom. The van der Waals surface area contributed by atoms with E-state index in [1.807, 2.05) is 36.4 Å². The van der Waals surface area contributed by atoms with Crippen molar-refractivity contribution in [3.05, 3.63) is 57.4 Å². The molecule has 1 aliphatic rings. The molecule has 0 unspecified atom stereocenters. The van der Waals surface area contributed by atoms with E-state index in [9.17, 15) is 4.39 Å². The van der Waals surface area contributed by atoms with E-state index in [2.05, 4.69) is 32.5 Å². The molecule has 0 bridgehead atoms. The van der Waals surface area contributed by atoms with Gasteiger partial charge in [-0.3, -0.25) is 4.99 Å². The summed E-state index contributed by atoms with van der Waals surface area (Å²) in [5.41, 5.74) is 2.40. The lowest BCUT2D eigenvalue weighted by molar-refractivity contribution is 0.623. The van der Waals surface area contributed by atoms with E-state index in [-0.39, 0.29) is 5.82 Å². The highest BCUT2D eigenvalue weighted by molar-refractivity contribution is 14.1. The van der Waals surface area contributed by atoms with Gasteiger partial charge in [0.1, 0.15) is 5.82 Å². The largest absolute Gasteiger partial charge is 0.369 e. The molecule has 2 nitrogen and oxygen atoms in total. The van der Waals surface area contributed by atoms with Crippen molar-refractivity contribution in [3.63, 3.8) is 0 Å². The molecular formula is C17H16FIN2. The number of rotatable bonds is 3. The lowest BCUT2D eigenvalue weighted by Crippen LogP contribution is -2.18. The molecule has 0 aromatic heterocycles. The molecule has 1 heterocycles. The zero-order valence-electron chi connectivity index (χ0n) is 11.6. The molecule has 3 rings (SSSR count). The summed E-state index contributed by atoms with van der Waals surface area (Å²) >= 11 is 2.25. The monoisotopic (exact) mass is 394 g/mol. The highest BCUT2D eigenvalue weighted by atomic mass is 127. The summed E-state index contributed by atoms with van der Waals surface area (Å²) in [4.78, 5) is 6.54. The van der Waals surface area contributed by atoms with Crippen molar-refractivity contribution in [2.24, 2.45) is 4.99 Å². The van der Waals surface area contributed by atoms with Crippen LogP contribution in [0.15, 0.2) is 47.5 Å². The summed E-state index contributed by atoms with van der Waals surface area (Å²) in [5, 5.41) is 0. The van der Waals surface area contributed by atoms with Crippen LogP contribution in [0.4, 0.5) is 15.8 Å². The number of nitrogens with zero attached hydrogens (tertiary/aromatic N) is 2. The van der Waals surface area contributed by atoms with Crippen LogP contribution >= 0.6 is 22.6 Å². The molecule has 1 fully saturated rings. The fourth-order valence-corrected chi connectivity index (χ4v) is 3.05. The highest BCUT2D eigenvalue weighted by Crippen LogP contribution is 2.25. The summed E-state index contributed by atoms with van der Waals surface area (Å²) < 4.78 is 15.3. The summed E-state index contributed by atoms with van der Waals surface area (Å²) in [6, 6.07) is 13.2. The van der Waals surface area contributed by atoms with E-state index in [1.165, 1.54) is 0 Å². The van der Waals surface area contributed by atoms with Gasteiger partial charge in [0, 0.05) is 22.9 Å². The van der Waals surface area contributed by atoms with Crippen molar-refractivity contribution in [3.8, 4) is 0 Å². The second kappa shape index (κ2) is 6.56. The van der Waals surface area contributed by atoms with Crippen LogP contribution in [0.25, 0.3) is 0 Å². The minimum absolute atomic E-state index is 0.163. The lowest BCUT2D eigenvalue weighted by Gasteiger charge is -2.18. The summed E-state index contributed by atoms with van der Waals surface area (Å²) in [6.45, 7) is 1.90. The summed E-state index contributed by atoms with van der Waals surface area (Å²) in [5.74, 6) is -0.163. The van der Waals surface area contributed by atoms with E-state index >= 15 is 0 Å². The Morgan fingerprint density at radius 2 is 1.86 bits per heavy atom. The van der Waals surface area contributed by atoms with Crippen LogP contribution in [0.3, 0.4) is 0 Å². The number of para-hydroxylation sites is 1. The van der Waals surface area contributed by atoms with Crippen molar-refractivity contribution in [1.29, 1.82) is 0 Å². The maximum Gasteiger partial charge on any atom is 0.147 e. The van der Waals surface area contributed by atoms with Gasteiger partial charge in [0.05, 0.1) is 11.4 Å². The van der Waals surface area contributed by atoms with E-state index in [1.54, 1.807) is 12.3 Å². The molecule has 0 saturated carbocycles. The van der Waals surface area contributed by atoms with Gasteiger partial charge in [0.15, 0.2) is 0 Å². The molecule has 21 heavy (non-hydrogen) atoms. The first-order valence-corrected chi connectivity index (χ1v) is 8.15.